The number of aryl methyl sites for hydroxylation is 2. The van der Waals surface area contributed by atoms with Crippen molar-refractivity contribution in [2.24, 2.45) is 0 Å². The van der Waals surface area contributed by atoms with Crippen LogP contribution in [-0.4, -0.2) is 11.5 Å². The Kier molecular flexibility index (Phi) is 5.42. The Morgan fingerprint density at radius 3 is 2.40 bits per heavy atom. The van der Waals surface area contributed by atoms with Crippen LogP contribution in [0.3, 0.4) is 0 Å². The summed E-state index contributed by atoms with van der Waals surface area (Å²) in [5, 5.41) is 0. The van der Waals surface area contributed by atoms with E-state index < -0.39 is 0 Å². The average Bonchev–Trinajstić information content (AvgIpc) is 2.47. The number of benzene rings is 2. The van der Waals surface area contributed by atoms with Gasteiger partial charge in [-0.2, -0.15) is 0 Å². The fourth-order valence-corrected chi connectivity index (χ4v) is 3.01. The summed E-state index contributed by atoms with van der Waals surface area (Å²) in [6.45, 7) is 4.24. The van der Waals surface area contributed by atoms with Crippen LogP contribution in [-0.2, 0) is 6.42 Å². The van der Waals surface area contributed by atoms with Crippen molar-refractivity contribution in [3.05, 3.63) is 65.2 Å². The Morgan fingerprint density at radius 1 is 1.05 bits per heavy atom. The van der Waals surface area contributed by atoms with Crippen LogP contribution in [0.4, 0.5) is 0 Å². The van der Waals surface area contributed by atoms with Gasteiger partial charge in [0.1, 0.15) is 0 Å². The van der Waals surface area contributed by atoms with E-state index in [-0.39, 0.29) is 5.78 Å². The maximum absolute atomic E-state index is 12.2. The lowest BCUT2D eigenvalue weighted by Gasteiger charge is -2.05. The third-order valence-electron chi connectivity index (χ3n) is 3.27. The first kappa shape index (κ1) is 14.9. The van der Waals surface area contributed by atoms with E-state index in [4.69, 9.17) is 0 Å². The predicted molar refractivity (Wildman–Crippen MR) is 86.7 cm³/mol. The monoisotopic (exact) mass is 284 g/mol. The quantitative estimate of drug-likeness (QED) is 0.553. The van der Waals surface area contributed by atoms with E-state index >= 15 is 0 Å². The Balaban J connectivity index is 1.96. The van der Waals surface area contributed by atoms with Gasteiger partial charge in [-0.05, 0) is 30.5 Å². The van der Waals surface area contributed by atoms with Crippen molar-refractivity contribution in [3.8, 4) is 0 Å². The zero-order chi connectivity index (χ0) is 14.4. The molecule has 104 valence electrons. The molecule has 0 aromatic heterocycles. The molecule has 0 saturated carbocycles. The van der Waals surface area contributed by atoms with Crippen LogP contribution in [0.2, 0.25) is 0 Å². The molecule has 0 amide bonds. The first-order chi connectivity index (χ1) is 9.70. The van der Waals surface area contributed by atoms with E-state index in [1.807, 2.05) is 24.3 Å². The van der Waals surface area contributed by atoms with Crippen LogP contribution in [0.15, 0.2) is 53.4 Å². The minimum absolute atomic E-state index is 0.196. The second kappa shape index (κ2) is 7.30. The first-order valence-electron chi connectivity index (χ1n) is 7.01. The molecule has 0 bridgehead atoms. The maximum atomic E-state index is 12.2. The zero-order valence-electron chi connectivity index (χ0n) is 12.1. The van der Waals surface area contributed by atoms with Crippen molar-refractivity contribution in [1.82, 2.24) is 0 Å². The van der Waals surface area contributed by atoms with Gasteiger partial charge in [0.25, 0.3) is 0 Å². The smallest absolute Gasteiger partial charge is 0.173 e. The summed E-state index contributed by atoms with van der Waals surface area (Å²) >= 11 is 1.61. The molecule has 2 aromatic rings. The van der Waals surface area contributed by atoms with Crippen molar-refractivity contribution in [2.75, 3.05) is 5.75 Å². The van der Waals surface area contributed by atoms with E-state index in [9.17, 15) is 4.79 Å². The number of carbonyl (C=O) groups is 1. The Bertz CT molecular complexity index is 572. The summed E-state index contributed by atoms with van der Waals surface area (Å²) in [6.07, 6.45) is 2.21. The number of rotatable bonds is 6. The molecule has 1 nitrogen and oxygen atoms in total. The molecule has 0 fully saturated rings. The molecule has 0 spiro atoms. The molecule has 0 atom stereocenters. The van der Waals surface area contributed by atoms with Crippen LogP contribution >= 0.6 is 11.8 Å². The summed E-state index contributed by atoms with van der Waals surface area (Å²) < 4.78 is 0. The Labute approximate surface area is 125 Å². The molecule has 0 N–H and O–H groups in total. The van der Waals surface area contributed by atoms with E-state index in [1.54, 1.807) is 11.8 Å². The second-order valence-corrected chi connectivity index (χ2v) is 5.94. The number of hydrogen-bond acceptors (Lipinski definition) is 2. The third-order valence-corrected chi connectivity index (χ3v) is 4.44. The minimum Gasteiger partial charge on any atom is -0.293 e. The van der Waals surface area contributed by atoms with E-state index in [0.29, 0.717) is 5.75 Å². The van der Waals surface area contributed by atoms with Gasteiger partial charge in [-0.25, -0.2) is 0 Å². The van der Waals surface area contributed by atoms with Gasteiger partial charge in [0, 0.05) is 10.5 Å². The van der Waals surface area contributed by atoms with Crippen LogP contribution in [0.25, 0.3) is 0 Å². The lowest BCUT2D eigenvalue weighted by atomic mass is 10.1. The highest BCUT2D eigenvalue weighted by atomic mass is 32.2. The summed E-state index contributed by atoms with van der Waals surface area (Å²) in [5.41, 5.74) is 3.34. The van der Waals surface area contributed by atoms with Gasteiger partial charge in [0.05, 0.1) is 5.75 Å². The first-order valence-corrected chi connectivity index (χ1v) is 8.00. The summed E-state index contributed by atoms with van der Waals surface area (Å²) in [4.78, 5) is 13.4. The molecular formula is C18H20OS. The van der Waals surface area contributed by atoms with Crippen molar-refractivity contribution >= 4 is 17.5 Å². The van der Waals surface area contributed by atoms with Crippen molar-refractivity contribution in [3.63, 3.8) is 0 Å². The van der Waals surface area contributed by atoms with Crippen molar-refractivity contribution in [2.45, 2.75) is 31.6 Å². The number of ketones is 1. The highest BCUT2D eigenvalue weighted by Crippen LogP contribution is 2.22. The van der Waals surface area contributed by atoms with Gasteiger partial charge in [0.2, 0.25) is 0 Å². The van der Waals surface area contributed by atoms with E-state index in [1.165, 1.54) is 16.0 Å². The summed E-state index contributed by atoms with van der Waals surface area (Å²) in [6, 6.07) is 16.2. The fraction of sp³-hybridized carbons (Fsp3) is 0.278. The van der Waals surface area contributed by atoms with Gasteiger partial charge in [0.15, 0.2) is 5.78 Å². The third kappa shape index (κ3) is 3.97. The molecule has 0 radical (unpaired) electrons. The SMILES string of the molecule is CCCc1ccc(C(=O)CSc2ccccc2C)cc1. The van der Waals surface area contributed by atoms with Gasteiger partial charge in [-0.15, -0.1) is 11.8 Å². The lowest BCUT2D eigenvalue weighted by Crippen LogP contribution is -2.02. The van der Waals surface area contributed by atoms with Crippen LogP contribution in [0.5, 0.6) is 0 Å². The number of carbonyl (C=O) groups excluding carboxylic acids is 1. The maximum Gasteiger partial charge on any atom is 0.173 e. The highest BCUT2D eigenvalue weighted by Gasteiger charge is 2.07. The molecule has 0 aliphatic carbocycles. The Morgan fingerprint density at radius 2 is 1.75 bits per heavy atom. The fourth-order valence-electron chi connectivity index (χ4n) is 2.09. The van der Waals surface area contributed by atoms with Gasteiger partial charge in [-0.1, -0.05) is 55.8 Å². The van der Waals surface area contributed by atoms with Crippen molar-refractivity contribution < 1.29 is 4.79 Å². The molecular weight excluding hydrogens is 264 g/mol. The molecule has 2 aromatic carbocycles. The molecule has 2 heteroatoms. The van der Waals surface area contributed by atoms with Crippen LogP contribution < -0.4 is 0 Å². The molecule has 0 aliphatic rings. The lowest BCUT2D eigenvalue weighted by molar-refractivity contribution is 0.102. The predicted octanol–water partition coefficient (Wildman–Crippen LogP) is 4.92. The normalized spacial score (nSPS) is 10.5. The van der Waals surface area contributed by atoms with Gasteiger partial charge < -0.3 is 0 Å². The summed E-state index contributed by atoms with van der Waals surface area (Å²) in [5.74, 6) is 0.694. The molecule has 20 heavy (non-hydrogen) atoms. The number of hydrogen-bond donors (Lipinski definition) is 0. The van der Waals surface area contributed by atoms with Crippen LogP contribution in [0.1, 0.15) is 34.8 Å². The van der Waals surface area contributed by atoms with Gasteiger partial charge >= 0.3 is 0 Å². The Hall–Kier alpha value is -1.54. The second-order valence-electron chi connectivity index (χ2n) is 4.92. The van der Waals surface area contributed by atoms with E-state index in [2.05, 4.69) is 38.1 Å². The largest absolute Gasteiger partial charge is 0.293 e. The number of thioether (sulfide) groups is 1. The van der Waals surface area contributed by atoms with Crippen molar-refractivity contribution in [1.29, 1.82) is 0 Å². The topological polar surface area (TPSA) is 17.1 Å². The molecule has 2 rings (SSSR count). The van der Waals surface area contributed by atoms with Gasteiger partial charge in [-0.3, -0.25) is 4.79 Å². The minimum atomic E-state index is 0.196. The summed E-state index contributed by atoms with van der Waals surface area (Å²) in [7, 11) is 0. The van der Waals surface area contributed by atoms with E-state index in [0.717, 1.165) is 18.4 Å². The molecule has 0 aliphatic heterocycles. The highest BCUT2D eigenvalue weighted by molar-refractivity contribution is 8.00. The van der Waals surface area contributed by atoms with Crippen LogP contribution in [0, 0.1) is 6.92 Å². The molecule has 0 saturated heterocycles. The molecule has 0 heterocycles. The molecule has 0 unspecified atom stereocenters. The zero-order valence-corrected chi connectivity index (χ0v) is 12.9. The average molecular weight is 284 g/mol. The number of Topliss-reactive ketones (excluding diaryl/α,β-unsaturated/α-hetero) is 1. The standard InChI is InChI=1S/C18H20OS/c1-3-6-15-9-11-16(12-10-15)17(19)13-20-18-8-5-4-7-14(18)2/h4-5,7-12H,3,6,13H2,1-2H3.